The maximum atomic E-state index is 13.0. The molecular weight excluding hydrogens is 369 g/mol. The number of para-hydroxylation sites is 1. The number of likely N-dealkylation sites (tertiary alicyclic amines) is 1. The van der Waals surface area contributed by atoms with Crippen molar-refractivity contribution in [2.24, 2.45) is 5.92 Å². The zero-order valence-corrected chi connectivity index (χ0v) is 16.0. The lowest BCUT2D eigenvalue weighted by Crippen LogP contribution is -2.41. The van der Waals surface area contributed by atoms with E-state index in [1.807, 2.05) is 30.3 Å². The second-order valence-electron chi connectivity index (χ2n) is 6.91. The second-order valence-corrected chi connectivity index (χ2v) is 6.91. The molecule has 0 radical (unpaired) electrons. The van der Waals surface area contributed by atoms with Gasteiger partial charge in [0.25, 0.3) is 0 Å². The first-order valence-corrected chi connectivity index (χ1v) is 9.13. The summed E-state index contributed by atoms with van der Waals surface area (Å²) in [4.78, 5) is 2.20. The molecule has 0 aliphatic carbocycles. The van der Waals surface area contributed by atoms with Gasteiger partial charge in [-0.1, -0.05) is 30.3 Å². The predicted octanol–water partition coefficient (Wildman–Crippen LogP) is 3.43. The highest BCUT2D eigenvalue weighted by molar-refractivity contribution is 5.85. The molecule has 2 N–H and O–H groups in total. The van der Waals surface area contributed by atoms with Crippen LogP contribution in [0.3, 0.4) is 0 Å². The summed E-state index contributed by atoms with van der Waals surface area (Å²) >= 11 is 0. The first-order valence-electron chi connectivity index (χ1n) is 9.13. The molecule has 1 aliphatic rings. The summed E-state index contributed by atoms with van der Waals surface area (Å²) < 4.78 is 18.6. The number of hydrogen-bond donors (Lipinski definition) is 2. The summed E-state index contributed by atoms with van der Waals surface area (Å²) in [6.45, 7) is 2.48. The molecule has 2 aromatic rings. The molecule has 148 valence electrons. The first-order chi connectivity index (χ1) is 12.6. The van der Waals surface area contributed by atoms with Crippen molar-refractivity contribution in [1.82, 2.24) is 4.90 Å². The van der Waals surface area contributed by atoms with Gasteiger partial charge in [0.2, 0.25) is 0 Å². The number of aliphatic hydroxyl groups is 2. The highest BCUT2D eigenvalue weighted by atomic mass is 35.5. The molecule has 0 bridgehead atoms. The van der Waals surface area contributed by atoms with Crippen LogP contribution in [-0.2, 0) is 0 Å². The predicted molar refractivity (Wildman–Crippen MR) is 106 cm³/mol. The Balaban J connectivity index is 0.00000261. The fraction of sp³-hybridized carbons (Fsp3) is 0.429. The fourth-order valence-corrected chi connectivity index (χ4v) is 3.44. The van der Waals surface area contributed by atoms with Crippen molar-refractivity contribution in [3.05, 3.63) is 66.0 Å². The molecule has 4 nitrogen and oxygen atoms in total. The van der Waals surface area contributed by atoms with Gasteiger partial charge in [0.1, 0.15) is 24.3 Å². The number of ether oxygens (including phenoxy) is 1. The van der Waals surface area contributed by atoms with E-state index >= 15 is 0 Å². The van der Waals surface area contributed by atoms with Crippen molar-refractivity contribution >= 4 is 12.4 Å². The van der Waals surface area contributed by atoms with E-state index in [-0.39, 0.29) is 30.7 Å². The van der Waals surface area contributed by atoms with Crippen molar-refractivity contribution in [3.8, 4) is 5.75 Å². The number of rotatable bonds is 7. The van der Waals surface area contributed by atoms with Crippen molar-refractivity contribution in [1.29, 1.82) is 0 Å². The van der Waals surface area contributed by atoms with Crippen molar-refractivity contribution in [2.45, 2.75) is 25.0 Å². The molecule has 0 saturated carbocycles. The average molecular weight is 396 g/mol. The van der Waals surface area contributed by atoms with Gasteiger partial charge in [0.15, 0.2) is 0 Å². The van der Waals surface area contributed by atoms with Crippen molar-refractivity contribution < 1.29 is 19.3 Å². The number of halogens is 2. The Hall–Kier alpha value is -1.66. The standard InChI is InChI=1S/C21H26FNO3.ClH/c22-18-8-6-16(7-9-18)21(25)17-10-12-23(13-11-17)14-19(24)15-26-20-4-2-1-3-5-20;/h1-9,17,19,21,24-25H,10-15H2;1H. The quantitative estimate of drug-likeness (QED) is 0.754. The highest BCUT2D eigenvalue weighted by Gasteiger charge is 2.27. The van der Waals surface area contributed by atoms with Crippen LogP contribution in [-0.4, -0.2) is 47.5 Å². The molecule has 0 aromatic heterocycles. The summed E-state index contributed by atoms with van der Waals surface area (Å²) in [7, 11) is 0. The Bertz CT molecular complexity index is 663. The van der Waals surface area contributed by atoms with Crippen LogP contribution in [0, 0.1) is 11.7 Å². The Morgan fingerprint density at radius 2 is 1.63 bits per heavy atom. The SMILES string of the molecule is Cl.OC(COc1ccccc1)CN1CCC(C(O)c2ccc(F)cc2)CC1. The number of aliphatic hydroxyl groups excluding tert-OH is 2. The van der Waals surface area contributed by atoms with Crippen LogP contribution in [0.25, 0.3) is 0 Å². The highest BCUT2D eigenvalue weighted by Crippen LogP contribution is 2.30. The number of piperidine rings is 1. The smallest absolute Gasteiger partial charge is 0.123 e. The molecule has 1 heterocycles. The molecule has 0 amide bonds. The largest absolute Gasteiger partial charge is 0.491 e. The van der Waals surface area contributed by atoms with E-state index in [4.69, 9.17) is 4.74 Å². The lowest BCUT2D eigenvalue weighted by molar-refractivity contribution is 0.0278. The third kappa shape index (κ3) is 6.47. The minimum Gasteiger partial charge on any atom is -0.491 e. The zero-order valence-electron chi connectivity index (χ0n) is 15.2. The summed E-state index contributed by atoms with van der Waals surface area (Å²) in [5.41, 5.74) is 0.765. The van der Waals surface area contributed by atoms with E-state index in [0.717, 1.165) is 37.2 Å². The molecule has 1 aliphatic heterocycles. The molecule has 6 heteroatoms. The number of β-amino-alcohol motifs (C(OH)–C–C–N with tert-alkyl or cyclic N) is 1. The van der Waals surface area contributed by atoms with E-state index in [9.17, 15) is 14.6 Å². The Morgan fingerprint density at radius 1 is 1.00 bits per heavy atom. The van der Waals surface area contributed by atoms with Crippen LogP contribution in [0.15, 0.2) is 54.6 Å². The van der Waals surface area contributed by atoms with Gasteiger partial charge in [-0.05, 0) is 61.7 Å². The van der Waals surface area contributed by atoms with E-state index in [2.05, 4.69) is 4.90 Å². The third-order valence-corrected chi connectivity index (χ3v) is 4.94. The Morgan fingerprint density at radius 3 is 2.26 bits per heavy atom. The van der Waals surface area contributed by atoms with Gasteiger partial charge in [-0.25, -0.2) is 4.39 Å². The summed E-state index contributed by atoms with van der Waals surface area (Å²) in [5, 5.41) is 20.7. The van der Waals surface area contributed by atoms with E-state index < -0.39 is 12.2 Å². The third-order valence-electron chi connectivity index (χ3n) is 4.94. The van der Waals surface area contributed by atoms with Crippen LogP contribution in [0.4, 0.5) is 4.39 Å². The minimum atomic E-state index is -0.566. The number of benzene rings is 2. The molecule has 1 saturated heterocycles. The van der Waals surface area contributed by atoms with Gasteiger partial charge in [0, 0.05) is 6.54 Å². The molecule has 1 fully saturated rings. The molecular formula is C21H27ClFNO3. The zero-order chi connectivity index (χ0) is 18.4. The van der Waals surface area contributed by atoms with Crippen molar-refractivity contribution in [2.75, 3.05) is 26.2 Å². The molecule has 3 rings (SSSR count). The lowest BCUT2D eigenvalue weighted by Gasteiger charge is -2.35. The Labute approximate surface area is 166 Å². The van der Waals surface area contributed by atoms with Crippen LogP contribution >= 0.6 is 12.4 Å². The van der Waals surface area contributed by atoms with E-state index in [1.54, 1.807) is 12.1 Å². The van der Waals surface area contributed by atoms with E-state index in [1.165, 1.54) is 12.1 Å². The average Bonchev–Trinajstić information content (AvgIpc) is 2.68. The van der Waals surface area contributed by atoms with Gasteiger partial charge in [0.05, 0.1) is 6.10 Å². The molecule has 2 atom stereocenters. The van der Waals surface area contributed by atoms with Crippen LogP contribution in [0.1, 0.15) is 24.5 Å². The molecule has 0 spiro atoms. The second kappa shape index (κ2) is 10.6. The monoisotopic (exact) mass is 395 g/mol. The number of hydrogen-bond acceptors (Lipinski definition) is 4. The molecule has 27 heavy (non-hydrogen) atoms. The minimum absolute atomic E-state index is 0. The maximum Gasteiger partial charge on any atom is 0.123 e. The van der Waals surface area contributed by atoms with Gasteiger partial charge in [-0.2, -0.15) is 0 Å². The summed E-state index contributed by atoms with van der Waals surface area (Å²) in [5.74, 6) is 0.629. The molecule has 2 aromatic carbocycles. The van der Waals surface area contributed by atoms with Crippen LogP contribution in [0.2, 0.25) is 0 Å². The van der Waals surface area contributed by atoms with Crippen molar-refractivity contribution in [3.63, 3.8) is 0 Å². The van der Waals surface area contributed by atoms with Crippen LogP contribution in [0.5, 0.6) is 5.75 Å². The first kappa shape index (κ1) is 21.6. The lowest BCUT2D eigenvalue weighted by atomic mass is 9.87. The summed E-state index contributed by atoms with van der Waals surface area (Å²) in [6, 6.07) is 15.5. The van der Waals surface area contributed by atoms with Crippen LogP contribution < -0.4 is 4.74 Å². The fourth-order valence-electron chi connectivity index (χ4n) is 3.44. The van der Waals surface area contributed by atoms with E-state index in [0.29, 0.717) is 6.54 Å². The number of nitrogens with zero attached hydrogens (tertiary/aromatic N) is 1. The van der Waals surface area contributed by atoms with Gasteiger partial charge >= 0.3 is 0 Å². The Kier molecular flexibility index (Phi) is 8.51. The maximum absolute atomic E-state index is 13.0. The van der Waals surface area contributed by atoms with Gasteiger partial charge < -0.3 is 19.8 Å². The normalized spacial score (nSPS) is 17.7. The molecule has 2 unspecified atom stereocenters. The van der Waals surface area contributed by atoms with Gasteiger partial charge in [-0.3, -0.25) is 0 Å². The summed E-state index contributed by atoms with van der Waals surface area (Å²) in [6.07, 6.45) is 0.591. The van der Waals surface area contributed by atoms with Gasteiger partial charge in [-0.15, -0.1) is 12.4 Å². The topological polar surface area (TPSA) is 52.9 Å².